The summed E-state index contributed by atoms with van der Waals surface area (Å²) in [6, 6.07) is 9.53. The van der Waals surface area contributed by atoms with E-state index in [1.165, 1.54) is 24.5 Å². The normalized spacial score (nSPS) is 15.9. The molecule has 36 heavy (non-hydrogen) atoms. The minimum Gasteiger partial charge on any atom is -0.364 e. The molecule has 0 saturated carbocycles. The average molecular weight is 486 g/mol. The van der Waals surface area contributed by atoms with Crippen molar-refractivity contribution in [1.82, 2.24) is 30.2 Å². The van der Waals surface area contributed by atoms with E-state index < -0.39 is 0 Å². The van der Waals surface area contributed by atoms with Crippen molar-refractivity contribution in [3.05, 3.63) is 94.7 Å². The van der Waals surface area contributed by atoms with Crippen molar-refractivity contribution in [3.8, 4) is 11.1 Å². The molecule has 4 N–H and O–H groups in total. The summed E-state index contributed by atoms with van der Waals surface area (Å²) < 4.78 is 13.2. The van der Waals surface area contributed by atoms with Crippen LogP contribution in [0.25, 0.3) is 22.3 Å². The Kier molecular flexibility index (Phi) is 6.40. The Bertz CT molecular complexity index is 1520. The van der Waals surface area contributed by atoms with Gasteiger partial charge >= 0.3 is 5.69 Å². The summed E-state index contributed by atoms with van der Waals surface area (Å²) in [5.41, 5.74) is 3.89. The molecule has 1 aromatic carbocycles. The lowest BCUT2D eigenvalue weighted by molar-refractivity contribution is 0.0927. The first-order valence-corrected chi connectivity index (χ1v) is 11.5. The molecular formula is C26H24FN7O2. The number of anilines is 1. The van der Waals surface area contributed by atoms with E-state index in [9.17, 15) is 14.0 Å². The van der Waals surface area contributed by atoms with Crippen molar-refractivity contribution in [2.45, 2.75) is 25.9 Å². The first kappa shape index (κ1) is 23.2. The molecule has 182 valence electrons. The van der Waals surface area contributed by atoms with Gasteiger partial charge in [-0.15, -0.1) is 0 Å². The number of fused-ring (bicyclic) bond motifs is 1. The number of pyridine rings is 1. The quantitative estimate of drug-likeness (QED) is 0.315. The Morgan fingerprint density at radius 2 is 1.94 bits per heavy atom. The molecule has 0 radical (unpaired) electrons. The molecule has 9 nitrogen and oxygen atoms in total. The largest absolute Gasteiger partial charge is 0.364 e. The van der Waals surface area contributed by atoms with Gasteiger partial charge in [0.2, 0.25) is 0 Å². The number of H-pyrrole nitrogens is 2. The zero-order chi connectivity index (χ0) is 25.1. The van der Waals surface area contributed by atoms with Crippen molar-refractivity contribution in [3.63, 3.8) is 0 Å². The standard InChI is InChI=1S/C26H24FN7O2/c1-15(17-6-8-20(27)9-7-17)32-25(35)22-24(29-11-10-28-22)30-13-16-2-4-18(5-3-16)19-12-21-23(31-14-19)34-26(36)33-21/h2-6,8-12,14-15,17H,7,13H2,1H3,(H,29,30)(H,32,35)(H2,31,33,34,36)/t15-,17?/m0/s1. The summed E-state index contributed by atoms with van der Waals surface area (Å²) in [5.74, 6) is -0.216. The molecule has 10 heteroatoms. The van der Waals surface area contributed by atoms with Crippen molar-refractivity contribution in [2.75, 3.05) is 5.32 Å². The van der Waals surface area contributed by atoms with E-state index in [2.05, 4.69) is 35.6 Å². The SMILES string of the molecule is C[C@H](NC(=O)c1nccnc1NCc1ccc(-c2cnc3[nH]c(=O)[nH]c3c2)cc1)C1C=CC(F)=CC1. The van der Waals surface area contributed by atoms with E-state index >= 15 is 0 Å². The average Bonchev–Trinajstić information content (AvgIpc) is 3.27. The van der Waals surface area contributed by atoms with Gasteiger partial charge in [0.05, 0.1) is 5.52 Å². The summed E-state index contributed by atoms with van der Waals surface area (Å²) in [5, 5.41) is 6.14. The van der Waals surface area contributed by atoms with Gasteiger partial charge in [0.1, 0.15) is 5.83 Å². The summed E-state index contributed by atoms with van der Waals surface area (Å²) in [7, 11) is 0. The Balaban J connectivity index is 1.24. The molecule has 2 atom stereocenters. The number of nitrogens with one attached hydrogen (secondary N) is 4. The minimum absolute atomic E-state index is 0.00782. The summed E-state index contributed by atoms with van der Waals surface area (Å²) in [6.07, 6.45) is 9.94. The Morgan fingerprint density at radius 3 is 2.72 bits per heavy atom. The number of benzene rings is 1. The first-order chi connectivity index (χ1) is 17.5. The molecule has 0 aliphatic heterocycles. The molecule has 0 bridgehead atoms. The van der Waals surface area contributed by atoms with Gasteiger partial charge in [-0.25, -0.2) is 24.1 Å². The zero-order valence-electron chi connectivity index (χ0n) is 19.5. The van der Waals surface area contributed by atoms with Gasteiger partial charge < -0.3 is 15.6 Å². The fourth-order valence-electron chi connectivity index (χ4n) is 4.08. The molecule has 3 aromatic heterocycles. The van der Waals surface area contributed by atoms with Crippen LogP contribution in [0, 0.1) is 5.92 Å². The van der Waals surface area contributed by atoms with Crippen LogP contribution in [0.15, 0.2) is 77.8 Å². The molecular weight excluding hydrogens is 461 g/mol. The first-order valence-electron chi connectivity index (χ1n) is 11.5. The molecule has 1 unspecified atom stereocenters. The second-order valence-electron chi connectivity index (χ2n) is 8.61. The summed E-state index contributed by atoms with van der Waals surface area (Å²) in [6.45, 7) is 2.32. The van der Waals surface area contributed by atoms with Crippen LogP contribution < -0.4 is 16.3 Å². The van der Waals surface area contributed by atoms with E-state index in [1.54, 1.807) is 12.3 Å². The Hall–Kier alpha value is -4.60. The topological polar surface area (TPSA) is 128 Å². The van der Waals surface area contributed by atoms with Crippen molar-refractivity contribution in [2.24, 2.45) is 5.92 Å². The number of hydrogen-bond acceptors (Lipinski definition) is 6. The van der Waals surface area contributed by atoms with E-state index in [0.717, 1.165) is 16.7 Å². The van der Waals surface area contributed by atoms with Gasteiger partial charge in [-0.1, -0.05) is 30.3 Å². The van der Waals surface area contributed by atoms with Gasteiger partial charge in [0, 0.05) is 42.7 Å². The highest BCUT2D eigenvalue weighted by molar-refractivity contribution is 5.96. The Morgan fingerprint density at radius 1 is 1.14 bits per heavy atom. The van der Waals surface area contributed by atoms with Gasteiger partial charge in [-0.3, -0.25) is 9.78 Å². The number of amides is 1. The molecule has 4 aromatic rings. The van der Waals surface area contributed by atoms with E-state index in [1.807, 2.05) is 37.3 Å². The Labute approximate surface area is 205 Å². The second-order valence-corrected chi connectivity index (χ2v) is 8.61. The maximum atomic E-state index is 13.2. The molecule has 0 spiro atoms. The van der Waals surface area contributed by atoms with Gasteiger partial charge in [0.15, 0.2) is 17.2 Å². The number of imidazole rings is 1. The van der Waals surface area contributed by atoms with Crippen LogP contribution in [-0.2, 0) is 6.54 Å². The highest BCUT2D eigenvalue weighted by atomic mass is 19.1. The number of carbonyl (C=O) groups is 1. The number of rotatable bonds is 7. The zero-order valence-corrected chi connectivity index (χ0v) is 19.5. The van der Waals surface area contributed by atoms with Crippen LogP contribution >= 0.6 is 0 Å². The molecule has 1 amide bonds. The monoisotopic (exact) mass is 485 g/mol. The fourth-order valence-corrected chi connectivity index (χ4v) is 4.08. The third-order valence-electron chi connectivity index (χ3n) is 6.12. The second kappa shape index (κ2) is 9.95. The van der Waals surface area contributed by atoms with Gasteiger partial charge in [-0.2, -0.15) is 0 Å². The predicted molar refractivity (Wildman–Crippen MR) is 135 cm³/mol. The molecule has 3 heterocycles. The lowest BCUT2D eigenvalue weighted by atomic mass is 9.93. The molecule has 0 fully saturated rings. The minimum atomic E-state index is -0.345. The van der Waals surface area contributed by atoms with Crippen LogP contribution in [0.3, 0.4) is 0 Å². The molecule has 1 aliphatic rings. The number of hydrogen-bond donors (Lipinski definition) is 4. The number of allylic oxidation sites excluding steroid dienone is 3. The number of aromatic nitrogens is 5. The third kappa shape index (κ3) is 5.07. The van der Waals surface area contributed by atoms with E-state index in [0.29, 0.717) is 29.9 Å². The number of halogens is 1. The predicted octanol–water partition coefficient (Wildman–Crippen LogP) is 3.87. The third-order valence-corrected chi connectivity index (χ3v) is 6.12. The van der Waals surface area contributed by atoms with Crippen LogP contribution in [0.1, 0.15) is 29.4 Å². The number of nitrogens with zero attached hydrogens (tertiary/aromatic N) is 3. The number of aromatic amines is 2. The fraction of sp³-hybridized carbons (Fsp3) is 0.192. The lowest BCUT2D eigenvalue weighted by Gasteiger charge is -2.23. The highest BCUT2D eigenvalue weighted by Crippen LogP contribution is 2.23. The number of carbonyl (C=O) groups excluding carboxylic acids is 1. The van der Waals surface area contributed by atoms with Crippen LogP contribution in [0.5, 0.6) is 0 Å². The van der Waals surface area contributed by atoms with Crippen molar-refractivity contribution >= 4 is 22.9 Å². The van der Waals surface area contributed by atoms with Gasteiger partial charge in [-0.05, 0) is 42.7 Å². The van der Waals surface area contributed by atoms with E-state index in [4.69, 9.17) is 0 Å². The van der Waals surface area contributed by atoms with Crippen LogP contribution in [0.2, 0.25) is 0 Å². The maximum Gasteiger partial charge on any atom is 0.325 e. The van der Waals surface area contributed by atoms with Crippen LogP contribution in [-0.4, -0.2) is 36.9 Å². The smallest absolute Gasteiger partial charge is 0.325 e. The molecule has 1 aliphatic carbocycles. The molecule has 0 saturated heterocycles. The summed E-state index contributed by atoms with van der Waals surface area (Å²) in [4.78, 5) is 42.5. The molecule has 5 rings (SSSR count). The van der Waals surface area contributed by atoms with E-state index in [-0.39, 0.29) is 35.1 Å². The van der Waals surface area contributed by atoms with Crippen molar-refractivity contribution < 1.29 is 9.18 Å². The maximum absolute atomic E-state index is 13.2. The highest BCUT2D eigenvalue weighted by Gasteiger charge is 2.21. The lowest BCUT2D eigenvalue weighted by Crippen LogP contribution is -2.38. The summed E-state index contributed by atoms with van der Waals surface area (Å²) >= 11 is 0. The van der Waals surface area contributed by atoms with Gasteiger partial charge in [0.25, 0.3) is 5.91 Å². The van der Waals surface area contributed by atoms with Crippen LogP contribution in [0.4, 0.5) is 10.2 Å². The van der Waals surface area contributed by atoms with Crippen molar-refractivity contribution in [1.29, 1.82) is 0 Å².